The van der Waals surface area contributed by atoms with Crippen LogP contribution in [0.4, 0.5) is 5.69 Å². The van der Waals surface area contributed by atoms with E-state index in [9.17, 15) is 9.59 Å². The number of hydrogen-bond acceptors (Lipinski definition) is 2. The van der Waals surface area contributed by atoms with Crippen molar-refractivity contribution in [3.63, 3.8) is 0 Å². The monoisotopic (exact) mass is 428 g/mol. The zero-order valence-corrected chi connectivity index (χ0v) is 15.0. The van der Waals surface area contributed by atoms with Crippen LogP contribution in [0.3, 0.4) is 0 Å². The van der Waals surface area contributed by atoms with Gasteiger partial charge in [0.2, 0.25) is 0 Å². The summed E-state index contributed by atoms with van der Waals surface area (Å²) in [5.74, 6) is -0.422. The number of rotatable bonds is 3. The first-order valence-electron chi connectivity index (χ1n) is 6.46. The molecule has 114 valence electrons. The topological polar surface area (TPSA) is 49.4 Å². The number of amides is 2. The van der Waals surface area contributed by atoms with E-state index in [1.165, 1.54) is 4.90 Å². The van der Waals surface area contributed by atoms with Crippen LogP contribution in [0.5, 0.6) is 0 Å². The van der Waals surface area contributed by atoms with E-state index in [1.54, 1.807) is 44.4 Å². The standard InChI is InChI=1S/C16H14ClIN2O2/c1-20(2)16(22)11-5-8-13(17)14(9-11)19-15(21)10-3-6-12(18)7-4-10/h3-9H,1-2H3,(H,19,21). The van der Waals surface area contributed by atoms with Gasteiger partial charge in [0, 0.05) is 28.8 Å². The van der Waals surface area contributed by atoms with E-state index in [-0.39, 0.29) is 11.8 Å². The van der Waals surface area contributed by atoms with E-state index in [0.29, 0.717) is 21.8 Å². The van der Waals surface area contributed by atoms with Gasteiger partial charge in [0.05, 0.1) is 10.7 Å². The van der Waals surface area contributed by atoms with Gasteiger partial charge in [-0.1, -0.05) is 11.6 Å². The molecule has 22 heavy (non-hydrogen) atoms. The van der Waals surface area contributed by atoms with E-state index in [1.807, 2.05) is 12.1 Å². The van der Waals surface area contributed by atoms with E-state index >= 15 is 0 Å². The number of hydrogen-bond donors (Lipinski definition) is 1. The normalized spacial score (nSPS) is 10.2. The third-order valence-electron chi connectivity index (χ3n) is 2.97. The molecule has 0 spiro atoms. The highest BCUT2D eigenvalue weighted by Gasteiger charge is 2.13. The summed E-state index contributed by atoms with van der Waals surface area (Å²) in [5, 5.41) is 3.12. The molecular formula is C16H14ClIN2O2. The molecule has 0 atom stereocenters. The van der Waals surface area contributed by atoms with Gasteiger partial charge in [0.25, 0.3) is 11.8 Å². The molecule has 0 saturated carbocycles. The Labute approximate surface area is 147 Å². The Balaban J connectivity index is 2.25. The summed E-state index contributed by atoms with van der Waals surface area (Å²) in [6.07, 6.45) is 0. The van der Waals surface area contributed by atoms with E-state index in [4.69, 9.17) is 11.6 Å². The van der Waals surface area contributed by atoms with Crippen LogP contribution in [0.25, 0.3) is 0 Å². The van der Waals surface area contributed by atoms with Gasteiger partial charge in [-0.05, 0) is 65.1 Å². The Kier molecular flexibility index (Phi) is 5.42. The minimum Gasteiger partial charge on any atom is -0.345 e. The number of halogens is 2. The second-order valence-electron chi connectivity index (χ2n) is 4.86. The van der Waals surface area contributed by atoms with Crippen LogP contribution < -0.4 is 5.32 Å². The second-order valence-corrected chi connectivity index (χ2v) is 6.51. The maximum Gasteiger partial charge on any atom is 0.255 e. The maximum absolute atomic E-state index is 12.2. The van der Waals surface area contributed by atoms with Crippen molar-refractivity contribution in [3.8, 4) is 0 Å². The van der Waals surface area contributed by atoms with Crippen LogP contribution in [0.15, 0.2) is 42.5 Å². The predicted octanol–water partition coefficient (Wildman–Crippen LogP) is 3.90. The molecule has 2 amide bonds. The fourth-order valence-corrected chi connectivity index (χ4v) is 2.33. The molecule has 2 aromatic carbocycles. The molecule has 0 unspecified atom stereocenters. The van der Waals surface area contributed by atoms with E-state index in [0.717, 1.165) is 3.57 Å². The van der Waals surface area contributed by atoms with Gasteiger partial charge in [-0.3, -0.25) is 9.59 Å². The van der Waals surface area contributed by atoms with Crippen LogP contribution in [-0.4, -0.2) is 30.8 Å². The Morgan fingerprint density at radius 3 is 2.23 bits per heavy atom. The highest BCUT2D eigenvalue weighted by molar-refractivity contribution is 14.1. The minimum atomic E-state index is -0.271. The molecule has 0 radical (unpaired) electrons. The molecule has 0 aliphatic heterocycles. The molecule has 2 rings (SSSR count). The molecule has 6 heteroatoms. The van der Waals surface area contributed by atoms with Gasteiger partial charge < -0.3 is 10.2 Å². The predicted molar refractivity (Wildman–Crippen MR) is 96.6 cm³/mol. The molecule has 2 aromatic rings. The smallest absolute Gasteiger partial charge is 0.255 e. The third kappa shape index (κ3) is 3.98. The van der Waals surface area contributed by atoms with E-state index < -0.39 is 0 Å². The van der Waals surface area contributed by atoms with Crippen LogP contribution >= 0.6 is 34.2 Å². The van der Waals surface area contributed by atoms with E-state index in [2.05, 4.69) is 27.9 Å². The first-order chi connectivity index (χ1) is 10.4. The quantitative estimate of drug-likeness (QED) is 0.754. The van der Waals surface area contributed by atoms with Crippen molar-refractivity contribution < 1.29 is 9.59 Å². The Bertz CT molecular complexity index is 715. The Morgan fingerprint density at radius 1 is 1.05 bits per heavy atom. The summed E-state index contributed by atoms with van der Waals surface area (Å²) in [4.78, 5) is 25.7. The summed E-state index contributed by atoms with van der Waals surface area (Å²) >= 11 is 8.27. The van der Waals surface area contributed by atoms with Gasteiger partial charge in [-0.15, -0.1) is 0 Å². The number of benzene rings is 2. The SMILES string of the molecule is CN(C)C(=O)c1ccc(Cl)c(NC(=O)c2ccc(I)cc2)c1. The molecule has 1 N–H and O–H groups in total. The van der Waals surface area contributed by atoms with Crippen LogP contribution in [-0.2, 0) is 0 Å². The lowest BCUT2D eigenvalue weighted by Crippen LogP contribution is -2.22. The number of nitrogens with zero attached hydrogens (tertiary/aromatic N) is 1. The van der Waals surface area contributed by atoms with Crippen molar-refractivity contribution in [2.75, 3.05) is 19.4 Å². The fraction of sp³-hybridized carbons (Fsp3) is 0.125. The summed E-state index contributed by atoms with van der Waals surface area (Å²) in [6, 6.07) is 12.0. The number of carbonyl (C=O) groups is 2. The van der Waals surface area contributed by atoms with Crippen LogP contribution in [0.2, 0.25) is 5.02 Å². The highest BCUT2D eigenvalue weighted by Crippen LogP contribution is 2.24. The molecule has 0 aliphatic carbocycles. The zero-order chi connectivity index (χ0) is 16.3. The molecule has 0 aromatic heterocycles. The fourth-order valence-electron chi connectivity index (χ4n) is 1.81. The highest BCUT2D eigenvalue weighted by atomic mass is 127. The summed E-state index contributed by atoms with van der Waals surface area (Å²) < 4.78 is 1.05. The molecule has 4 nitrogen and oxygen atoms in total. The molecule has 0 fully saturated rings. The van der Waals surface area contributed by atoms with Gasteiger partial charge in [0.1, 0.15) is 0 Å². The van der Waals surface area contributed by atoms with Gasteiger partial charge in [-0.25, -0.2) is 0 Å². The van der Waals surface area contributed by atoms with Gasteiger partial charge in [-0.2, -0.15) is 0 Å². The van der Waals surface area contributed by atoms with Crippen molar-refractivity contribution in [2.45, 2.75) is 0 Å². The Morgan fingerprint density at radius 2 is 1.64 bits per heavy atom. The maximum atomic E-state index is 12.2. The molecule has 0 heterocycles. The van der Waals surface area contributed by atoms with Gasteiger partial charge >= 0.3 is 0 Å². The minimum absolute atomic E-state index is 0.151. The molecule has 0 saturated heterocycles. The largest absolute Gasteiger partial charge is 0.345 e. The first-order valence-corrected chi connectivity index (χ1v) is 7.92. The first kappa shape index (κ1) is 16.8. The van der Waals surface area contributed by atoms with Crippen molar-refractivity contribution in [3.05, 3.63) is 62.2 Å². The lowest BCUT2D eigenvalue weighted by Gasteiger charge is -2.13. The Hall–Kier alpha value is -1.60. The van der Waals surface area contributed by atoms with Crippen molar-refractivity contribution in [2.24, 2.45) is 0 Å². The third-order valence-corrected chi connectivity index (χ3v) is 4.02. The molecule has 0 aliphatic rings. The second kappa shape index (κ2) is 7.11. The summed E-state index contributed by atoms with van der Waals surface area (Å²) in [6.45, 7) is 0. The molecular weight excluding hydrogens is 415 g/mol. The van der Waals surface area contributed by atoms with Crippen molar-refractivity contribution >= 4 is 51.7 Å². The van der Waals surface area contributed by atoms with Gasteiger partial charge in [0.15, 0.2) is 0 Å². The van der Waals surface area contributed by atoms with Crippen LogP contribution in [0.1, 0.15) is 20.7 Å². The lowest BCUT2D eigenvalue weighted by molar-refractivity contribution is 0.0827. The average molecular weight is 429 g/mol. The van der Waals surface area contributed by atoms with Crippen LogP contribution in [0, 0.1) is 3.57 Å². The van der Waals surface area contributed by atoms with Crippen molar-refractivity contribution in [1.29, 1.82) is 0 Å². The number of anilines is 1. The lowest BCUT2D eigenvalue weighted by atomic mass is 10.1. The number of carbonyl (C=O) groups excluding carboxylic acids is 2. The van der Waals surface area contributed by atoms with Crippen molar-refractivity contribution in [1.82, 2.24) is 4.90 Å². The molecule has 0 bridgehead atoms. The average Bonchev–Trinajstić information content (AvgIpc) is 2.49. The zero-order valence-electron chi connectivity index (χ0n) is 12.1. The summed E-state index contributed by atoms with van der Waals surface area (Å²) in [7, 11) is 3.33. The summed E-state index contributed by atoms with van der Waals surface area (Å²) in [5.41, 5.74) is 1.41. The number of nitrogens with one attached hydrogen (secondary N) is 1.